The van der Waals surface area contributed by atoms with Crippen molar-refractivity contribution in [2.45, 2.75) is 19.8 Å². The number of hydrogen-bond donors (Lipinski definition) is 4. The van der Waals surface area contributed by atoms with Crippen LogP contribution in [0.15, 0.2) is 42.5 Å². The molecule has 1 unspecified atom stereocenters. The van der Waals surface area contributed by atoms with E-state index < -0.39 is 5.97 Å². The highest BCUT2D eigenvalue weighted by Gasteiger charge is 2.15. The van der Waals surface area contributed by atoms with E-state index in [2.05, 4.69) is 10.6 Å². The van der Waals surface area contributed by atoms with Gasteiger partial charge < -0.3 is 20.8 Å². The van der Waals surface area contributed by atoms with Crippen LogP contribution in [0.3, 0.4) is 0 Å². The Morgan fingerprint density at radius 2 is 1.77 bits per heavy atom. The summed E-state index contributed by atoms with van der Waals surface area (Å²) in [6.07, 6.45) is 1.57. The monoisotopic (exact) mass is 412 g/mol. The number of carbonyl (C=O) groups is 3. The minimum absolute atomic E-state index is 0.0420. The van der Waals surface area contributed by atoms with E-state index in [0.29, 0.717) is 17.7 Å². The van der Waals surface area contributed by atoms with Gasteiger partial charge in [0.15, 0.2) is 5.78 Å². The topological polar surface area (TPSA) is 116 Å². The van der Waals surface area contributed by atoms with Crippen LogP contribution in [0.2, 0.25) is 0 Å². The average Bonchev–Trinajstić information content (AvgIpc) is 2.75. The van der Waals surface area contributed by atoms with Crippen molar-refractivity contribution >= 4 is 17.7 Å². The lowest BCUT2D eigenvalue weighted by molar-refractivity contribution is 0.0692. The van der Waals surface area contributed by atoms with E-state index in [0.717, 1.165) is 24.9 Å². The predicted octanol–water partition coefficient (Wildman–Crippen LogP) is 2.59. The minimum atomic E-state index is -1.15. The van der Waals surface area contributed by atoms with Gasteiger partial charge in [0.25, 0.3) is 5.91 Å². The molecule has 0 spiro atoms. The summed E-state index contributed by atoms with van der Waals surface area (Å²) in [5.41, 5.74) is 1.96. The summed E-state index contributed by atoms with van der Waals surface area (Å²) in [5, 5.41) is 24.5. The van der Waals surface area contributed by atoms with E-state index in [1.54, 1.807) is 36.4 Å². The van der Waals surface area contributed by atoms with Crippen molar-refractivity contribution in [1.29, 1.82) is 0 Å². The fourth-order valence-corrected chi connectivity index (χ4v) is 3.28. The van der Waals surface area contributed by atoms with E-state index in [9.17, 15) is 24.6 Å². The Morgan fingerprint density at radius 1 is 1.03 bits per heavy atom. The van der Waals surface area contributed by atoms with Gasteiger partial charge in [-0.15, -0.1) is 0 Å². The fourth-order valence-electron chi connectivity index (χ4n) is 3.28. The number of Topliss-reactive ketones (excluding diaryl/α,β-unsaturated/α-hetero) is 1. The molecule has 1 amide bonds. The summed E-state index contributed by atoms with van der Waals surface area (Å²) in [4.78, 5) is 35.6. The zero-order valence-corrected chi connectivity index (χ0v) is 17.3. The number of aromatic carboxylic acids is 1. The molecule has 30 heavy (non-hydrogen) atoms. The first-order valence-corrected chi connectivity index (χ1v) is 9.89. The Kier molecular flexibility index (Phi) is 8.70. The first kappa shape index (κ1) is 23.3. The maximum Gasteiger partial charge on any atom is 0.336 e. The lowest BCUT2D eigenvalue weighted by Gasteiger charge is -2.13. The van der Waals surface area contributed by atoms with Crippen LogP contribution in [0.4, 0.5) is 0 Å². The maximum atomic E-state index is 12.5. The summed E-state index contributed by atoms with van der Waals surface area (Å²) in [6.45, 7) is 2.67. The molecule has 0 saturated carbocycles. The summed E-state index contributed by atoms with van der Waals surface area (Å²) in [6, 6.07) is 11.5. The van der Waals surface area contributed by atoms with Crippen molar-refractivity contribution in [3.05, 3.63) is 59.2 Å². The Balaban J connectivity index is 2.09. The Hall–Kier alpha value is -3.03. The summed E-state index contributed by atoms with van der Waals surface area (Å²) in [7, 11) is 1.84. The number of amides is 1. The van der Waals surface area contributed by atoms with Gasteiger partial charge in [0.2, 0.25) is 0 Å². The van der Waals surface area contributed by atoms with E-state index in [-0.39, 0.29) is 35.3 Å². The van der Waals surface area contributed by atoms with Crippen LogP contribution in [0.5, 0.6) is 0 Å². The average molecular weight is 412 g/mol. The molecule has 1 atom stereocenters. The molecule has 0 aromatic heterocycles. The number of nitrogens with one attached hydrogen (secondary N) is 2. The van der Waals surface area contributed by atoms with E-state index >= 15 is 0 Å². The standard InChI is InChI=1S/C23H28N2O5/c1-15(27)21-12-18(8-9-20(21)23(29)30)17-6-3-7-19(11-17)22(28)25-10-4-5-16(14-26)13-24-2/h3,6-9,11-12,16,24,26H,4-5,10,13-14H2,1-2H3,(H,25,28)(H,29,30). The number of carboxylic acids is 1. The van der Waals surface area contributed by atoms with Gasteiger partial charge in [-0.05, 0) is 74.7 Å². The zero-order valence-electron chi connectivity index (χ0n) is 17.3. The van der Waals surface area contributed by atoms with Crippen molar-refractivity contribution in [2.75, 3.05) is 26.7 Å². The second-order valence-electron chi connectivity index (χ2n) is 7.21. The summed E-state index contributed by atoms with van der Waals surface area (Å²) >= 11 is 0. The van der Waals surface area contributed by atoms with Crippen LogP contribution in [-0.2, 0) is 0 Å². The third kappa shape index (κ3) is 6.23. The smallest absolute Gasteiger partial charge is 0.336 e. The zero-order chi connectivity index (χ0) is 22.1. The number of benzene rings is 2. The second kappa shape index (κ2) is 11.2. The van der Waals surface area contributed by atoms with Gasteiger partial charge in [0.1, 0.15) is 0 Å². The van der Waals surface area contributed by atoms with Gasteiger partial charge in [-0.25, -0.2) is 4.79 Å². The van der Waals surface area contributed by atoms with Gasteiger partial charge in [0, 0.05) is 24.3 Å². The molecule has 0 radical (unpaired) electrons. The number of aliphatic hydroxyl groups excluding tert-OH is 1. The number of rotatable bonds is 11. The number of aliphatic hydroxyl groups is 1. The van der Waals surface area contributed by atoms with Crippen molar-refractivity contribution in [2.24, 2.45) is 5.92 Å². The quantitative estimate of drug-likeness (QED) is 0.333. The molecule has 0 aliphatic heterocycles. The third-order valence-corrected chi connectivity index (χ3v) is 4.91. The third-order valence-electron chi connectivity index (χ3n) is 4.91. The summed E-state index contributed by atoms with van der Waals surface area (Å²) in [5.74, 6) is -1.53. The maximum absolute atomic E-state index is 12.5. The molecule has 2 aromatic carbocycles. The van der Waals surface area contributed by atoms with Crippen LogP contribution in [-0.4, -0.2) is 54.6 Å². The molecular weight excluding hydrogens is 384 g/mol. The molecule has 0 heterocycles. The minimum Gasteiger partial charge on any atom is -0.478 e. The first-order chi connectivity index (χ1) is 14.4. The van der Waals surface area contributed by atoms with Gasteiger partial charge in [-0.2, -0.15) is 0 Å². The Bertz CT molecular complexity index is 910. The number of hydrogen-bond acceptors (Lipinski definition) is 5. The molecular formula is C23H28N2O5. The molecule has 2 rings (SSSR count). The molecule has 0 aliphatic rings. The second-order valence-corrected chi connectivity index (χ2v) is 7.21. The Labute approximate surface area is 176 Å². The van der Waals surface area contributed by atoms with Crippen LogP contribution in [0.25, 0.3) is 11.1 Å². The molecule has 7 nitrogen and oxygen atoms in total. The van der Waals surface area contributed by atoms with Crippen molar-refractivity contribution < 1.29 is 24.6 Å². The largest absolute Gasteiger partial charge is 0.478 e. The molecule has 0 bridgehead atoms. The van der Waals surface area contributed by atoms with Gasteiger partial charge in [0.05, 0.1) is 5.56 Å². The van der Waals surface area contributed by atoms with Gasteiger partial charge >= 0.3 is 5.97 Å². The molecule has 0 saturated heterocycles. The molecule has 4 N–H and O–H groups in total. The fraction of sp³-hybridized carbons (Fsp3) is 0.348. The lowest BCUT2D eigenvalue weighted by atomic mass is 9.96. The first-order valence-electron chi connectivity index (χ1n) is 9.89. The molecule has 160 valence electrons. The molecule has 0 aliphatic carbocycles. The normalized spacial score (nSPS) is 11.7. The van der Waals surface area contributed by atoms with Crippen LogP contribution in [0.1, 0.15) is 50.8 Å². The SMILES string of the molecule is CNCC(CO)CCCNC(=O)c1cccc(-c2ccc(C(=O)O)c(C(C)=O)c2)c1. The van der Waals surface area contributed by atoms with Crippen LogP contribution < -0.4 is 10.6 Å². The van der Waals surface area contributed by atoms with Crippen molar-refractivity contribution in [3.8, 4) is 11.1 Å². The predicted molar refractivity (Wildman–Crippen MR) is 115 cm³/mol. The number of ketones is 1. The summed E-state index contributed by atoms with van der Waals surface area (Å²) < 4.78 is 0. The number of carboxylic acid groups (broad SMARTS) is 1. The number of carbonyl (C=O) groups excluding carboxylic acids is 2. The molecule has 0 fully saturated rings. The Morgan fingerprint density at radius 3 is 2.40 bits per heavy atom. The lowest BCUT2D eigenvalue weighted by Crippen LogP contribution is -2.27. The van der Waals surface area contributed by atoms with E-state index in [1.165, 1.54) is 13.0 Å². The highest BCUT2D eigenvalue weighted by Crippen LogP contribution is 2.24. The highest BCUT2D eigenvalue weighted by atomic mass is 16.4. The molecule has 7 heteroatoms. The van der Waals surface area contributed by atoms with Crippen LogP contribution >= 0.6 is 0 Å². The van der Waals surface area contributed by atoms with Gasteiger partial charge in [-0.1, -0.05) is 18.2 Å². The molecule has 2 aromatic rings. The van der Waals surface area contributed by atoms with E-state index in [1.807, 2.05) is 7.05 Å². The van der Waals surface area contributed by atoms with E-state index in [4.69, 9.17) is 0 Å². The van der Waals surface area contributed by atoms with Crippen molar-refractivity contribution in [3.63, 3.8) is 0 Å². The van der Waals surface area contributed by atoms with Crippen molar-refractivity contribution in [1.82, 2.24) is 10.6 Å². The van der Waals surface area contributed by atoms with Crippen LogP contribution in [0, 0.1) is 5.92 Å². The highest BCUT2D eigenvalue weighted by molar-refractivity contribution is 6.05. The van der Waals surface area contributed by atoms with Gasteiger partial charge in [-0.3, -0.25) is 9.59 Å².